The third kappa shape index (κ3) is 6.32. The van der Waals surface area contributed by atoms with Gasteiger partial charge in [-0.25, -0.2) is 9.59 Å². The highest BCUT2D eigenvalue weighted by Crippen LogP contribution is 2.32. The molecule has 2 fully saturated rings. The molecule has 0 aromatic heterocycles. The molecule has 0 aliphatic carbocycles. The molecule has 0 amide bonds. The maximum atomic E-state index is 13.1. The fraction of sp³-hybridized carbons (Fsp3) is 0.692. The molecule has 178 valence electrons. The lowest BCUT2D eigenvalue weighted by molar-refractivity contribution is -0.0106. The van der Waals surface area contributed by atoms with Crippen LogP contribution in [0.1, 0.15) is 102 Å². The summed E-state index contributed by atoms with van der Waals surface area (Å²) in [6, 6.07) is 6.79. The molecular weight excluding hydrogens is 404 g/mol. The molecule has 3 rings (SSSR count). The van der Waals surface area contributed by atoms with Gasteiger partial charge in [0.2, 0.25) is 0 Å². The molecule has 0 radical (unpaired) electrons. The quantitative estimate of drug-likeness (QED) is 0.660. The van der Waals surface area contributed by atoms with Crippen LogP contribution in [0.2, 0.25) is 0 Å². The van der Waals surface area contributed by atoms with Crippen molar-refractivity contribution >= 4 is 11.9 Å². The highest BCUT2D eigenvalue weighted by Gasteiger charge is 2.41. The minimum atomic E-state index is -0.470. The van der Waals surface area contributed by atoms with E-state index in [1.165, 1.54) is 0 Å². The van der Waals surface area contributed by atoms with Crippen molar-refractivity contribution in [1.82, 2.24) is 10.6 Å². The van der Waals surface area contributed by atoms with E-state index >= 15 is 0 Å². The van der Waals surface area contributed by atoms with Crippen molar-refractivity contribution in [1.29, 1.82) is 0 Å². The molecule has 32 heavy (non-hydrogen) atoms. The van der Waals surface area contributed by atoms with Crippen LogP contribution >= 0.6 is 0 Å². The van der Waals surface area contributed by atoms with Crippen LogP contribution in [0, 0.1) is 0 Å². The summed E-state index contributed by atoms with van der Waals surface area (Å²) in [5, 5.41) is 7.19. The minimum absolute atomic E-state index is 0.139. The second-order valence-electron chi connectivity index (χ2n) is 12.2. The third-order valence-corrected chi connectivity index (χ3v) is 6.22. The van der Waals surface area contributed by atoms with Gasteiger partial charge < -0.3 is 20.1 Å². The Kier molecular flexibility index (Phi) is 6.53. The van der Waals surface area contributed by atoms with Crippen molar-refractivity contribution in [3.8, 4) is 0 Å². The summed E-state index contributed by atoms with van der Waals surface area (Å²) in [6.45, 7) is 16.9. The van der Waals surface area contributed by atoms with Crippen LogP contribution in [0.15, 0.2) is 24.3 Å². The van der Waals surface area contributed by atoms with E-state index in [1.807, 2.05) is 0 Å². The van der Waals surface area contributed by atoms with Crippen LogP contribution in [0.3, 0.4) is 0 Å². The first kappa shape index (κ1) is 24.7. The molecule has 2 heterocycles. The fourth-order valence-electron chi connectivity index (χ4n) is 5.89. The number of carbonyl (C=O) groups is 2. The zero-order valence-electron chi connectivity index (χ0n) is 20.9. The summed E-state index contributed by atoms with van der Waals surface area (Å²) < 4.78 is 11.8. The first-order valence-corrected chi connectivity index (χ1v) is 11.7. The summed E-state index contributed by atoms with van der Waals surface area (Å²) >= 11 is 0. The molecule has 2 aliphatic heterocycles. The smallest absolute Gasteiger partial charge is 0.339 e. The maximum Gasteiger partial charge on any atom is 0.339 e. The molecule has 1 aromatic carbocycles. The van der Waals surface area contributed by atoms with E-state index in [0.29, 0.717) is 25.7 Å². The molecule has 0 atom stereocenters. The van der Waals surface area contributed by atoms with Crippen molar-refractivity contribution in [3.05, 3.63) is 35.4 Å². The van der Waals surface area contributed by atoms with E-state index < -0.39 is 11.9 Å². The Balaban J connectivity index is 1.74. The summed E-state index contributed by atoms with van der Waals surface area (Å²) in [5.74, 6) is -0.941. The number of piperidine rings is 2. The van der Waals surface area contributed by atoms with Gasteiger partial charge in [0, 0.05) is 47.8 Å². The van der Waals surface area contributed by atoms with Crippen molar-refractivity contribution in [2.45, 2.75) is 115 Å². The Hall–Kier alpha value is -1.92. The van der Waals surface area contributed by atoms with Gasteiger partial charge in [-0.05, 0) is 67.5 Å². The molecule has 0 bridgehead atoms. The topological polar surface area (TPSA) is 76.7 Å². The SMILES string of the molecule is CC1(C)CC(OC(=O)c2ccccc2C(=O)OC2CC(C)(C)NC(C)(C)C2)CC(C)(C)N1. The summed E-state index contributed by atoms with van der Waals surface area (Å²) in [4.78, 5) is 26.2. The summed E-state index contributed by atoms with van der Waals surface area (Å²) in [5.41, 5.74) is -0.0304. The highest BCUT2D eigenvalue weighted by atomic mass is 16.6. The van der Waals surface area contributed by atoms with Gasteiger partial charge in [0.05, 0.1) is 11.1 Å². The van der Waals surface area contributed by atoms with Gasteiger partial charge in [0.25, 0.3) is 0 Å². The standard InChI is InChI=1S/C26H40N2O4/c1-23(2)13-17(14-24(3,4)27-23)31-21(29)19-11-9-10-12-20(19)22(30)32-18-15-25(5,6)28-26(7,8)16-18/h9-12,17-18,27-28H,13-16H2,1-8H3. The number of carbonyl (C=O) groups excluding carboxylic acids is 2. The van der Waals surface area contributed by atoms with Gasteiger partial charge >= 0.3 is 11.9 Å². The summed E-state index contributed by atoms with van der Waals surface area (Å²) in [6.07, 6.45) is 2.43. The van der Waals surface area contributed by atoms with Crippen molar-refractivity contribution < 1.29 is 19.1 Å². The van der Waals surface area contributed by atoms with Crippen LogP contribution in [-0.4, -0.2) is 46.3 Å². The van der Waals surface area contributed by atoms with E-state index in [2.05, 4.69) is 66.0 Å². The fourth-order valence-corrected chi connectivity index (χ4v) is 5.89. The van der Waals surface area contributed by atoms with Crippen LogP contribution in [0.4, 0.5) is 0 Å². The second-order valence-corrected chi connectivity index (χ2v) is 12.2. The van der Waals surface area contributed by atoms with Crippen LogP contribution in [0.25, 0.3) is 0 Å². The molecule has 0 saturated carbocycles. The lowest BCUT2D eigenvalue weighted by Crippen LogP contribution is -2.59. The molecule has 0 spiro atoms. The molecule has 2 N–H and O–H groups in total. The van der Waals surface area contributed by atoms with Gasteiger partial charge in [0.15, 0.2) is 0 Å². The van der Waals surface area contributed by atoms with Crippen molar-refractivity contribution in [3.63, 3.8) is 0 Å². The molecule has 1 aromatic rings. The monoisotopic (exact) mass is 444 g/mol. The van der Waals surface area contributed by atoms with E-state index in [4.69, 9.17) is 9.47 Å². The van der Waals surface area contributed by atoms with Gasteiger partial charge in [0.1, 0.15) is 12.2 Å². The Morgan fingerprint density at radius 3 is 1.22 bits per heavy atom. The van der Waals surface area contributed by atoms with Crippen LogP contribution in [-0.2, 0) is 9.47 Å². The number of benzene rings is 1. The maximum absolute atomic E-state index is 13.1. The molecule has 2 saturated heterocycles. The van der Waals surface area contributed by atoms with E-state index in [0.717, 1.165) is 0 Å². The zero-order valence-corrected chi connectivity index (χ0v) is 20.9. The number of hydrogen-bond donors (Lipinski definition) is 2. The molecule has 0 unspecified atom stereocenters. The first-order chi connectivity index (χ1) is 14.6. The number of rotatable bonds is 4. The van der Waals surface area contributed by atoms with Crippen molar-refractivity contribution in [2.75, 3.05) is 0 Å². The number of nitrogens with one attached hydrogen (secondary N) is 2. The highest BCUT2D eigenvalue weighted by molar-refractivity contribution is 6.03. The normalized spacial score (nSPS) is 24.5. The predicted octanol–water partition coefficient (Wildman–Crippen LogP) is 4.62. The average molecular weight is 445 g/mol. The van der Waals surface area contributed by atoms with Gasteiger partial charge in [-0.2, -0.15) is 0 Å². The van der Waals surface area contributed by atoms with E-state index in [9.17, 15) is 9.59 Å². The summed E-state index contributed by atoms with van der Waals surface area (Å²) in [7, 11) is 0. The number of esters is 2. The first-order valence-electron chi connectivity index (χ1n) is 11.7. The zero-order chi connectivity index (χ0) is 23.9. The Morgan fingerprint density at radius 1 is 0.656 bits per heavy atom. The third-order valence-electron chi connectivity index (χ3n) is 6.22. The number of ether oxygens (including phenoxy) is 2. The Morgan fingerprint density at radius 2 is 0.938 bits per heavy atom. The van der Waals surface area contributed by atoms with Crippen LogP contribution < -0.4 is 10.6 Å². The average Bonchev–Trinajstić information content (AvgIpc) is 2.55. The van der Waals surface area contributed by atoms with E-state index in [-0.39, 0.29) is 45.5 Å². The lowest BCUT2D eigenvalue weighted by Gasteiger charge is -2.46. The van der Waals surface area contributed by atoms with Crippen LogP contribution in [0.5, 0.6) is 0 Å². The molecule has 6 heteroatoms. The number of hydrogen-bond acceptors (Lipinski definition) is 6. The van der Waals surface area contributed by atoms with E-state index in [1.54, 1.807) is 24.3 Å². The second kappa shape index (κ2) is 8.45. The van der Waals surface area contributed by atoms with Gasteiger partial charge in [-0.1, -0.05) is 12.1 Å². The van der Waals surface area contributed by atoms with Gasteiger partial charge in [-0.3, -0.25) is 0 Å². The molecule has 6 nitrogen and oxygen atoms in total. The minimum Gasteiger partial charge on any atom is -0.459 e. The van der Waals surface area contributed by atoms with Crippen molar-refractivity contribution in [2.24, 2.45) is 0 Å². The Bertz CT molecular complexity index is 769. The Labute approximate surface area is 192 Å². The molecule has 2 aliphatic rings. The van der Waals surface area contributed by atoms with Gasteiger partial charge in [-0.15, -0.1) is 0 Å². The largest absolute Gasteiger partial charge is 0.459 e. The predicted molar refractivity (Wildman–Crippen MR) is 126 cm³/mol. The molecular formula is C26H40N2O4. The lowest BCUT2D eigenvalue weighted by atomic mass is 9.81.